The second-order valence-corrected chi connectivity index (χ2v) is 11.7. The minimum atomic E-state index is 0.413. The van der Waals surface area contributed by atoms with Crippen molar-refractivity contribution in [2.75, 3.05) is 40.9 Å². The molecule has 3 aromatic rings. The van der Waals surface area contributed by atoms with E-state index in [1.54, 1.807) is 0 Å². The lowest BCUT2D eigenvalue weighted by atomic mass is 9.94. The number of aryl methyl sites for hydroxylation is 1. The van der Waals surface area contributed by atoms with Crippen LogP contribution in [0.5, 0.6) is 5.75 Å². The predicted octanol–water partition coefficient (Wildman–Crippen LogP) is 6.07. The average Bonchev–Trinajstić information content (AvgIpc) is 3.37. The number of para-hydroxylation sites is 1. The molecule has 0 aliphatic carbocycles. The second-order valence-electron chi connectivity index (χ2n) is 11.7. The van der Waals surface area contributed by atoms with Crippen LogP contribution >= 0.6 is 0 Å². The Morgan fingerprint density at radius 2 is 1.66 bits per heavy atom. The smallest absolute Gasteiger partial charge is 0.145 e. The molecule has 3 aliphatic heterocycles. The Bertz CT molecular complexity index is 1290. The van der Waals surface area contributed by atoms with E-state index in [1.807, 2.05) is 6.20 Å². The lowest BCUT2D eigenvalue weighted by molar-refractivity contribution is 0.299. The van der Waals surface area contributed by atoms with E-state index in [2.05, 4.69) is 95.9 Å². The van der Waals surface area contributed by atoms with Gasteiger partial charge in [0.05, 0.1) is 12.2 Å². The highest BCUT2D eigenvalue weighted by molar-refractivity contribution is 5.64. The number of ether oxygens (including phenoxy) is 1. The number of anilines is 3. The Balaban J connectivity index is 1.18. The Morgan fingerprint density at radius 3 is 2.53 bits per heavy atom. The Kier molecular flexibility index (Phi) is 6.94. The lowest BCUT2D eigenvalue weighted by Crippen LogP contribution is -2.40. The number of nitrogens with zero attached hydrogens (tertiary/aromatic N) is 4. The molecule has 0 saturated carbocycles. The standard InChI is InChI=1S/C33H42N4O/c1-23(2)35-18-19-38-32-29(8-5-11-31(32)35)21-25(4)36-16-7-10-28-22-26(12-13-30(28)36)20-24(3)37-17-14-27-9-6-15-34-33(27)37/h5-6,8-9,11-13,15,22-25H,7,10,14,16-21H2,1-4H3. The summed E-state index contributed by atoms with van der Waals surface area (Å²) in [5, 5.41) is 0. The van der Waals surface area contributed by atoms with Gasteiger partial charge >= 0.3 is 0 Å². The number of hydrogen-bond donors (Lipinski definition) is 0. The van der Waals surface area contributed by atoms with E-state index in [1.165, 1.54) is 52.3 Å². The molecule has 5 nitrogen and oxygen atoms in total. The van der Waals surface area contributed by atoms with Gasteiger partial charge < -0.3 is 19.4 Å². The van der Waals surface area contributed by atoms with Gasteiger partial charge in [0, 0.05) is 43.1 Å². The number of hydrogen-bond acceptors (Lipinski definition) is 5. The first-order valence-electron chi connectivity index (χ1n) is 14.6. The van der Waals surface area contributed by atoms with Crippen LogP contribution < -0.4 is 19.4 Å². The molecule has 2 atom stereocenters. The van der Waals surface area contributed by atoms with Gasteiger partial charge in [-0.2, -0.15) is 0 Å². The van der Waals surface area contributed by atoms with Gasteiger partial charge in [-0.05, 0) is 100 Å². The van der Waals surface area contributed by atoms with Gasteiger partial charge in [0.1, 0.15) is 18.2 Å². The second kappa shape index (κ2) is 10.5. The fourth-order valence-corrected chi connectivity index (χ4v) is 6.83. The van der Waals surface area contributed by atoms with Crippen LogP contribution in [0.3, 0.4) is 0 Å². The number of benzene rings is 2. The monoisotopic (exact) mass is 510 g/mol. The van der Waals surface area contributed by atoms with Crippen molar-refractivity contribution in [1.82, 2.24) is 4.98 Å². The van der Waals surface area contributed by atoms with Crippen LogP contribution in [0.25, 0.3) is 0 Å². The van der Waals surface area contributed by atoms with Crippen LogP contribution in [-0.2, 0) is 25.7 Å². The van der Waals surface area contributed by atoms with Crippen molar-refractivity contribution in [2.45, 2.75) is 77.9 Å². The van der Waals surface area contributed by atoms with Gasteiger partial charge in [-0.3, -0.25) is 0 Å². The summed E-state index contributed by atoms with van der Waals surface area (Å²) in [7, 11) is 0. The highest BCUT2D eigenvalue weighted by Gasteiger charge is 2.28. The van der Waals surface area contributed by atoms with E-state index in [0.717, 1.165) is 51.3 Å². The Hall–Kier alpha value is -3.21. The van der Waals surface area contributed by atoms with Gasteiger partial charge in [0.2, 0.25) is 0 Å². The summed E-state index contributed by atoms with van der Waals surface area (Å²) in [5.41, 5.74) is 8.33. The van der Waals surface area contributed by atoms with E-state index >= 15 is 0 Å². The molecule has 2 unspecified atom stereocenters. The van der Waals surface area contributed by atoms with E-state index in [-0.39, 0.29) is 0 Å². The fourth-order valence-electron chi connectivity index (χ4n) is 6.83. The molecule has 0 amide bonds. The highest BCUT2D eigenvalue weighted by Crippen LogP contribution is 2.38. The summed E-state index contributed by atoms with van der Waals surface area (Å²) in [6, 6.07) is 19.5. The minimum Gasteiger partial charge on any atom is -0.489 e. The Morgan fingerprint density at radius 1 is 0.789 bits per heavy atom. The molecule has 0 N–H and O–H groups in total. The SMILES string of the molecule is CC(C)N1CCOc2c(CC(C)N3CCCc4cc(CC(C)N5CCc6cccnc65)ccc43)cccc21. The maximum atomic E-state index is 6.24. The largest absolute Gasteiger partial charge is 0.489 e. The zero-order valence-electron chi connectivity index (χ0n) is 23.5. The molecular formula is C33H42N4O. The van der Waals surface area contributed by atoms with Crippen molar-refractivity contribution in [3.05, 3.63) is 77.0 Å². The minimum absolute atomic E-state index is 0.413. The quantitative estimate of drug-likeness (QED) is 0.385. The first-order valence-corrected chi connectivity index (χ1v) is 14.6. The van der Waals surface area contributed by atoms with Crippen molar-refractivity contribution in [2.24, 2.45) is 0 Å². The van der Waals surface area contributed by atoms with E-state index in [0.29, 0.717) is 18.1 Å². The van der Waals surface area contributed by atoms with Gasteiger partial charge in [0.25, 0.3) is 0 Å². The van der Waals surface area contributed by atoms with Crippen molar-refractivity contribution < 1.29 is 4.74 Å². The molecule has 0 radical (unpaired) electrons. The molecule has 0 spiro atoms. The van der Waals surface area contributed by atoms with Crippen LogP contribution in [0.1, 0.15) is 56.4 Å². The lowest BCUT2D eigenvalue weighted by Gasteiger charge is -2.38. The molecular weight excluding hydrogens is 468 g/mol. The van der Waals surface area contributed by atoms with E-state index in [4.69, 9.17) is 4.74 Å². The van der Waals surface area contributed by atoms with E-state index in [9.17, 15) is 0 Å². The maximum Gasteiger partial charge on any atom is 0.145 e. The molecule has 6 rings (SSSR count). The van der Waals surface area contributed by atoms with Crippen molar-refractivity contribution in [3.8, 4) is 5.75 Å². The van der Waals surface area contributed by atoms with Crippen LogP contribution in [0.15, 0.2) is 54.7 Å². The first kappa shape index (κ1) is 25.1. The number of rotatable bonds is 7. The number of pyridine rings is 1. The van der Waals surface area contributed by atoms with Crippen LogP contribution in [-0.4, -0.2) is 49.4 Å². The molecule has 3 aliphatic rings. The van der Waals surface area contributed by atoms with Gasteiger partial charge in [-0.1, -0.05) is 30.3 Å². The molecule has 200 valence electrons. The van der Waals surface area contributed by atoms with Crippen molar-refractivity contribution in [3.63, 3.8) is 0 Å². The normalized spacial score (nSPS) is 18.1. The molecule has 38 heavy (non-hydrogen) atoms. The molecule has 4 heterocycles. The zero-order chi connectivity index (χ0) is 26.2. The van der Waals surface area contributed by atoms with Crippen LogP contribution in [0, 0.1) is 0 Å². The summed E-state index contributed by atoms with van der Waals surface area (Å²) in [6.07, 6.45) is 7.46. The number of aromatic nitrogens is 1. The summed E-state index contributed by atoms with van der Waals surface area (Å²) >= 11 is 0. The summed E-state index contributed by atoms with van der Waals surface area (Å²) in [6.45, 7) is 13.2. The maximum absolute atomic E-state index is 6.24. The van der Waals surface area contributed by atoms with Gasteiger partial charge in [0.15, 0.2) is 0 Å². The number of fused-ring (bicyclic) bond motifs is 3. The third-order valence-corrected chi connectivity index (χ3v) is 8.76. The van der Waals surface area contributed by atoms with Gasteiger partial charge in [-0.25, -0.2) is 4.98 Å². The van der Waals surface area contributed by atoms with Crippen LogP contribution in [0.4, 0.5) is 17.2 Å². The third-order valence-electron chi connectivity index (χ3n) is 8.76. The fraction of sp³-hybridized carbons (Fsp3) is 0.485. The topological polar surface area (TPSA) is 31.8 Å². The molecule has 5 heteroatoms. The average molecular weight is 511 g/mol. The molecule has 1 aromatic heterocycles. The summed E-state index contributed by atoms with van der Waals surface area (Å²) in [4.78, 5) is 12.3. The molecule has 0 saturated heterocycles. The van der Waals surface area contributed by atoms with Gasteiger partial charge in [-0.15, -0.1) is 0 Å². The molecule has 0 bridgehead atoms. The Labute approximate surface area is 228 Å². The summed E-state index contributed by atoms with van der Waals surface area (Å²) in [5.74, 6) is 2.28. The van der Waals surface area contributed by atoms with E-state index < -0.39 is 0 Å². The third kappa shape index (κ3) is 4.72. The van der Waals surface area contributed by atoms with Crippen molar-refractivity contribution >= 4 is 17.2 Å². The summed E-state index contributed by atoms with van der Waals surface area (Å²) < 4.78 is 6.24. The van der Waals surface area contributed by atoms with Crippen LogP contribution in [0.2, 0.25) is 0 Å². The zero-order valence-corrected chi connectivity index (χ0v) is 23.5. The predicted molar refractivity (Wildman–Crippen MR) is 158 cm³/mol. The van der Waals surface area contributed by atoms with Crippen molar-refractivity contribution in [1.29, 1.82) is 0 Å². The molecule has 0 fully saturated rings. The molecule has 2 aromatic carbocycles. The first-order chi connectivity index (χ1) is 18.5. The highest BCUT2D eigenvalue weighted by atomic mass is 16.5.